The molecule has 1 saturated heterocycles. The van der Waals surface area contributed by atoms with Crippen LogP contribution in [0.1, 0.15) is 19.4 Å². The number of imidazole rings is 1. The second-order valence-electron chi connectivity index (χ2n) is 4.40. The minimum absolute atomic E-state index is 0.193. The van der Waals surface area contributed by atoms with Gasteiger partial charge in [-0.1, -0.05) is 15.9 Å². The first-order valence-corrected chi connectivity index (χ1v) is 6.50. The number of nitrogens with zero attached hydrogens (tertiary/aromatic N) is 2. The smallest absolute Gasteiger partial charge is 0.201 e. The summed E-state index contributed by atoms with van der Waals surface area (Å²) in [6.07, 6.45) is 1.19. The first-order valence-electron chi connectivity index (χ1n) is 5.71. The molecule has 2 N–H and O–H groups in total. The molecule has 2 heterocycles. The Morgan fingerprint density at radius 2 is 2.35 bits per heavy atom. The van der Waals surface area contributed by atoms with Gasteiger partial charge in [-0.05, 0) is 31.5 Å². The quantitative estimate of drug-likeness (QED) is 0.880. The fraction of sp³-hybridized carbons (Fsp3) is 0.417. The maximum atomic E-state index is 6.03. The molecule has 3 rings (SSSR count). The molecule has 5 heteroatoms. The van der Waals surface area contributed by atoms with E-state index in [-0.39, 0.29) is 6.10 Å². The van der Waals surface area contributed by atoms with E-state index in [1.807, 2.05) is 18.2 Å². The van der Waals surface area contributed by atoms with Crippen LogP contribution in [0, 0.1) is 0 Å². The number of anilines is 1. The third kappa shape index (κ3) is 1.73. The zero-order chi connectivity index (χ0) is 12.0. The van der Waals surface area contributed by atoms with Gasteiger partial charge >= 0.3 is 0 Å². The topological polar surface area (TPSA) is 53.1 Å². The van der Waals surface area contributed by atoms with Gasteiger partial charge in [0, 0.05) is 11.1 Å². The molecule has 0 saturated carbocycles. The standard InChI is InChI=1S/C12H14BrN3O/c1-7-10(4-5-17-7)16-11-3-2-8(13)6-9(11)15-12(16)14/h2-3,6-7,10H,4-5H2,1H3,(H2,14,15). The monoisotopic (exact) mass is 295 g/mol. The number of aromatic nitrogens is 2. The fourth-order valence-corrected chi connectivity index (χ4v) is 2.85. The van der Waals surface area contributed by atoms with Gasteiger partial charge in [-0.3, -0.25) is 0 Å². The Balaban J connectivity index is 2.18. The molecule has 1 aromatic heterocycles. The van der Waals surface area contributed by atoms with Crippen LogP contribution in [0.2, 0.25) is 0 Å². The van der Waals surface area contributed by atoms with E-state index in [0.29, 0.717) is 12.0 Å². The molecule has 1 aromatic carbocycles. The molecule has 0 amide bonds. The number of ether oxygens (including phenoxy) is 1. The average molecular weight is 296 g/mol. The molecule has 2 aromatic rings. The van der Waals surface area contributed by atoms with E-state index >= 15 is 0 Å². The highest BCUT2D eigenvalue weighted by molar-refractivity contribution is 9.10. The molecular formula is C12H14BrN3O. The van der Waals surface area contributed by atoms with Gasteiger partial charge in [0.25, 0.3) is 0 Å². The third-order valence-electron chi connectivity index (χ3n) is 3.35. The molecule has 90 valence electrons. The summed E-state index contributed by atoms with van der Waals surface area (Å²) in [6.45, 7) is 2.88. The van der Waals surface area contributed by atoms with Crippen molar-refractivity contribution in [2.75, 3.05) is 12.3 Å². The molecule has 1 fully saturated rings. The first-order chi connectivity index (χ1) is 8.16. The highest BCUT2D eigenvalue weighted by Gasteiger charge is 2.28. The van der Waals surface area contributed by atoms with Crippen LogP contribution in [-0.4, -0.2) is 22.3 Å². The van der Waals surface area contributed by atoms with Gasteiger partial charge in [0.15, 0.2) is 0 Å². The molecule has 0 radical (unpaired) electrons. The number of hydrogen-bond acceptors (Lipinski definition) is 3. The van der Waals surface area contributed by atoms with Crippen molar-refractivity contribution >= 4 is 32.9 Å². The van der Waals surface area contributed by atoms with E-state index in [4.69, 9.17) is 10.5 Å². The van der Waals surface area contributed by atoms with Crippen LogP contribution in [0.25, 0.3) is 11.0 Å². The maximum Gasteiger partial charge on any atom is 0.201 e. The Bertz CT molecular complexity index is 566. The van der Waals surface area contributed by atoms with Gasteiger partial charge in [-0.2, -0.15) is 0 Å². The summed E-state index contributed by atoms with van der Waals surface area (Å²) in [5.41, 5.74) is 8.03. The van der Waals surface area contributed by atoms with Crippen molar-refractivity contribution in [2.24, 2.45) is 0 Å². The van der Waals surface area contributed by atoms with Crippen LogP contribution >= 0.6 is 15.9 Å². The lowest BCUT2D eigenvalue weighted by Gasteiger charge is -2.18. The Morgan fingerprint density at radius 3 is 3.06 bits per heavy atom. The predicted molar refractivity (Wildman–Crippen MR) is 70.9 cm³/mol. The van der Waals surface area contributed by atoms with E-state index < -0.39 is 0 Å². The van der Waals surface area contributed by atoms with Crippen molar-refractivity contribution in [2.45, 2.75) is 25.5 Å². The molecule has 2 unspecified atom stereocenters. The molecule has 2 atom stereocenters. The zero-order valence-electron chi connectivity index (χ0n) is 9.56. The second kappa shape index (κ2) is 3.99. The number of rotatable bonds is 1. The highest BCUT2D eigenvalue weighted by atomic mass is 79.9. The number of fused-ring (bicyclic) bond motifs is 1. The summed E-state index contributed by atoms with van der Waals surface area (Å²) in [5, 5.41) is 0. The Morgan fingerprint density at radius 1 is 1.53 bits per heavy atom. The lowest BCUT2D eigenvalue weighted by Crippen LogP contribution is -2.18. The van der Waals surface area contributed by atoms with Crippen molar-refractivity contribution in [3.63, 3.8) is 0 Å². The summed E-state index contributed by atoms with van der Waals surface area (Å²) in [7, 11) is 0. The van der Waals surface area contributed by atoms with Crippen molar-refractivity contribution in [3.8, 4) is 0 Å². The van der Waals surface area contributed by atoms with Crippen LogP contribution < -0.4 is 5.73 Å². The summed E-state index contributed by atoms with van der Waals surface area (Å²) in [6, 6.07) is 6.35. The normalized spacial score (nSPS) is 24.6. The summed E-state index contributed by atoms with van der Waals surface area (Å²) in [4.78, 5) is 4.41. The minimum Gasteiger partial charge on any atom is -0.376 e. The van der Waals surface area contributed by atoms with Crippen LogP contribution in [0.4, 0.5) is 5.95 Å². The first kappa shape index (κ1) is 11.0. The Labute approximate surface area is 108 Å². The molecule has 4 nitrogen and oxygen atoms in total. The van der Waals surface area contributed by atoms with E-state index in [9.17, 15) is 0 Å². The van der Waals surface area contributed by atoms with Gasteiger partial charge < -0.3 is 15.0 Å². The van der Waals surface area contributed by atoms with Crippen molar-refractivity contribution < 1.29 is 4.74 Å². The van der Waals surface area contributed by atoms with E-state index in [1.165, 1.54) is 0 Å². The van der Waals surface area contributed by atoms with Crippen LogP contribution in [-0.2, 0) is 4.74 Å². The lowest BCUT2D eigenvalue weighted by molar-refractivity contribution is 0.109. The molecule has 1 aliphatic heterocycles. The zero-order valence-corrected chi connectivity index (χ0v) is 11.1. The van der Waals surface area contributed by atoms with Crippen LogP contribution in [0.15, 0.2) is 22.7 Å². The number of halogens is 1. The van der Waals surface area contributed by atoms with E-state index in [1.54, 1.807) is 0 Å². The number of hydrogen-bond donors (Lipinski definition) is 1. The number of nitrogen functional groups attached to an aromatic ring is 1. The molecule has 0 aliphatic carbocycles. The molecular weight excluding hydrogens is 282 g/mol. The highest BCUT2D eigenvalue weighted by Crippen LogP contribution is 2.32. The van der Waals surface area contributed by atoms with Gasteiger partial charge in [0.05, 0.1) is 23.2 Å². The largest absolute Gasteiger partial charge is 0.376 e. The molecule has 1 aliphatic rings. The summed E-state index contributed by atoms with van der Waals surface area (Å²) < 4.78 is 8.72. The van der Waals surface area contributed by atoms with Crippen molar-refractivity contribution in [3.05, 3.63) is 22.7 Å². The average Bonchev–Trinajstić information content (AvgIpc) is 2.80. The maximum absolute atomic E-state index is 6.03. The van der Waals surface area contributed by atoms with Crippen LogP contribution in [0.3, 0.4) is 0 Å². The van der Waals surface area contributed by atoms with Crippen LogP contribution in [0.5, 0.6) is 0 Å². The lowest BCUT2D eigenvalue weighted by atomic mass is 10.1. The Hall–Kier alpha value is -1.07. The number of nitrogens with two attached hydrogens (primary N) is 1. The molecule has 0 bridgehead atoms. The summed E-state index contributed by atoms with van der Waals surface area (Å²) in [5.74, 6) is 0.570. The molecule has 0 spiro atoms. The summed E-state index contributed by atoms with van der Waals surface area (Å²) >= 11 is 3.45. The van der Waals surface area contributed by atoms with Gasteiger partial charge in [-0.15, -0.1) is 0 Å². The minimum atomic E-state index is 0.193. The predicted octanol–water partition coefficient (Wildman–Crippen LogP) is 2.73. The van der Waals surface area contributed by atoms with E-state index in [2.05, 4.69) is 32.4 Å². The van der Waals surface area contributed by atoms with Crippen molar-refractivity contribution in [1.29, 1.82) is 0 Å². The number of benzene rings is 1. The van der Waals surface area contributed by atoms with Gasteiger partial charge in [-0.25, -0.2) is 4.98 Å². The fourth-order valence-electron chi connectivity index (χ4n) is 2.50. The van der Waals surface area contributed by atoms with Gasteiger partial charge in [0.1, 0.15) is 0 Å². The second-order valence-corrected chi connectivity index (χ2v) is 5.32. The van der Waals surface area contributed by atoms with E-state index in [0.717, 1.165) is 28.5 Å². The molecule has 17 heavy (non-hydrogen) atoms. The third-order valence-corrected chi connectivity index (χ3v) is 3.84. The van der Waals surface area contributed by atoms with Crippen molar-refractivity contribution in [1.82, 2.24) is 9.55 Å². The SMILES string of the molecule is CC1OCCC1n1c(N)nc2cc(Br)ccc21. The Kier molecular flexibility index (Phi) is 2.60. The van der Waals surface area contributed by atoms with Gasteiger partial charge in [0.2, 0.25) is 5.95 Å².